The van der Waals surface area contributed by atoms with E-state index >= 15 is 0 Å². The zero-order chi connectivity index (χ0) is 21.1. The fourth-order valence-corrected chi connectivity index (χ4v) is 4.85. The number of nitrogens with zero attached hydrogens (tertiary/aromatic N) is 2. The molecule has 0 bridgehead atoms. The third-order valence-corrected chi connectivity index (χ3v) is 6.35. The summed E-state index contributed by atoms with van der Waals surface area (Å²) in [5.41, 5.74) is 1.43. The van der Waals surface area contributed by atoms with Crippen LogP contribution in [0.4, 0.5) is 4.79 Å². The first-order valence-corrected chi connectivity index (χ1v) is 10.9. The van der Waals surface area contributed by atoms with Crippen LogP contribution in [0.3, 0.4) is 0 Å². The molecule has 0 aliphatic carbocycles. The summed E-state index contributed by atoms with van der Waals surface area (Å²) in [7, 11) is 0. The molecule has 3 heterocycles. The number of thiophene rings is 2. The van der Waals surface area contributed by atoms with Crippen molar-refractivity contribution in [1.29, 1.82) is 0 Å². The molecule has 0 saturated carbocycles. The van der Waals surface area contributed by atoms with E-state index in [0.717, 1.165) is 20.9 Å². The minimum Gasteiger partial charge on any atom is -0.334 e. The van der Waals surface area contributed by atoms with Gasteiger partial charge in [-0.15, -0.1) is 22.7 Å². The van der Waals surface area contributed by atoms with Crippen LogP contribution in [-0.4, -0.2) is 21.5 Å². The Hall–Kier alpha value is -3.30. The molecule has 0 unspecified atom stereocenters. The molecule has 152 valence electrons. The molecular formula is C21H18N4O3S2. The number of nitrogens with one attached hydrogen (secondary N) is 2. The van der Waals surface area contributed by atoms with Crippen molar-refractivity contribution in [2.75, 3.05) is 0 Å². The molecule has 1 aromatic carbocycles. The van der Waals surface area contributed by atoms with Crippen molar-refractivity contribution in [2.24, 2.45) is 0 Å². The topological polar surface area (TPSA) is 93.1 Å². The van der Waals surface area contributed by atoms with Crippen molar-refractivity contribution in [3.8, 4) is 10.4 Å². The number of amides is 3. The Morgan fingerprint density at radius 3 is 2.67 bits per heavy atom. The summed E-state index contributed by atoms with van der Waals surface area (Å²) >= 11 is 2.99. The number of aromatic nitrogens is 2. The molecule has 0 aliphatic rings. The van der Waals surface area contributed by atoms with Crippen LogP contribution in [-0.2, 0) is 17.9 Å². The molecule has 4 rings (SSSR count). The van der Waals surface area contributed by atoms with Gasteiger partial charge >= 0.3 is 6.03 Å². The maximum absolute atomic E-state index is 13.0. The quantitative estimate of drug-likeness (QED) is 0.499. The van der Waals surface area contributed by atoms with Crippen molar-refractivity contribution < 1.29 is 9.59 Å². The normalized spacial score (nSPS) is 10.8. The average Bonchev–Trinajstić information content (AvgIpc) is 3.35. The molecule has 0 saturated heterocycles. The fourth-order valence-electron chi connectivity index (χ4n) is 2.98. The van der Waals surface area contributed by atoms with E-state index in [2.05, 4.69) is 15.6 Å². The summed E-state index contributed by atoms with van der Waals surface area (Å²) in [6, 6.07) is 12.7. The van der Waals surface area contributed by atoms with E-state index in [-0.39, 0.29) is 12.1 Å². The number of carbonyl (C=O) groups excluding carboxylic acids is 2. The van der Waals surface area contributed by atoms with Crippen LogP contribution in [0.25, 0.3) is 20.7 Å². The molecule has 2 N–H and O–H groups in total. The van der Waals surface area contributed by atoms with E-state index in [1.807, 2.05) is 54.8 Å². The lowest BCUT2D eigenvalue weighted by Gasteiger charge is -2.08. The Morgan fingerprint density at radius 2 is 1.93 bits per heavy atom. The maximum atomic E-state index is 13.0. The van der Waals surface area contributed by atoms with E-state index in [1.54, 1.807) is 11.3 Å². The molecule has 0 aliphatic heterocycles. The number of urea groups is 1. The molecule has 3 aromatic heterocycles. The van der Waals surface area contributed by atoms with E-state index in [4.69, 9.17) is 0 Å². The van der Waals surface area contributed by atoms with Crippen LogP contribution in [0, 0.1) is 6.92 Å². The molecule has 0 atom stereocenters. The average molecular weight is 439 g/mol. The molecule has 0 radical (unpaired) electrons. The summed E-state index contributed by atoms with van der Waals surface area (Å²) in [4.78, 5) is 44.3. The third-order valence-electron chi connectivity index (χ3n) is 4.43. The fraction of sp³-hybridized carbons (Fsp3) is 0.143. The molecule has 4 aromatic rings. The second kappa shape index (κ2) is 8.60. The van der Waals surface area contributed by atoms with Gasteiger partial charge in [0, 0.05) is 27.2 Å². The summed E-state index contributed by atoms with van der Waals surface area (Å²) in [6.07, 6.45) is 1.34. The predicted octanol–water partition coefficient (Wildman–Crippen LogP) is 3.52. The Labute approximate surface area is 180 Å². The van der Waals surface area contributed by atoms with E-state index in [0.29, 0.717) is 16.8 Å². The second-order valence-electron chi connectivity index (χ2n) is 6.63. The summed E-state index contributed by atoms with van der Waals surface area (Å²) in [6.45, 7) is 2.01. The van der Waals surface area contributed by atoms with Gasteiger partial charge < -0.3 is 5.32 Å². The number of hydrogen-bond donors (Lipinski definition) is 2. The van der Waals surface area contributed by atoms with E-state index in [1.165, 1.54) is 22.2 Å². The lowest BCUT2D eigenvalue weighted by molar-refractivity contribution is -0.120. The Morgan fingerprint density at radius 1 is 1.13 bits per heavy atom. The van der Waals surface area contributed by atoms with Crippen molar-refractivity contribution >= 4 is 44.8 Å². The zero-order valence-electron chi connectivity index (χ0n) is 16.0. The van der Waals surface area contributed by atoms with Crippen LogP contribution in [0.15, 0.2) is 59.0 Å². The van der Waals surface area contributed by atoms with E-state index in [9.17, 15) is 14.4 Å². The van der Waals surface area contributed by atoms with Crippen LogP contribution in [0.1, 0.15) is 10.4 Å². The van der Waals surface area contributed by atoms with Gasteiger partial charge in [0.05, 0.1) is 11.7 Å². The third kappa shape index (κ3) is 4.32. The first-order chi connectivity index (χ1) is 14.5. The molecule has 0 spiro atoms. The SMILES string of the molecule is Cc1ccc(-c2csc3ncn(CC(=O)NC(=O)NCc4ccccc4)c(=O)c23)s1. The first-order valence-electron chi connectivity index (χ1n) is 9.16. The van der Waals surface area contributed by atoms with Crippen molar-refractivity contribution in [1.82, 2.24) is 20.2 Å². The zero-order valence-corrected chi connectivity index (χ0v) is 17.7. The lowest BCUT2D eigenvalue weighted by Crippen LogP contribution is -2.41. The van der Waals surface area contributed by atoms with E-state index < -0.39 is 11.9 Å². The van der Waals surface area contributed by atoms with Crippen LogP contribution >= 0.6 is 22.7 Å². The molecule has 9 heteroatoms. The number of imide groups is 1. The summed E-state index contributed by atoms with van der Waals surface area (Å²) < 4.78 is 1.22. The highest BCUT2D eigenvalue weighted by Crippen LogP contribution is 2.34. The van der Waals surface area contributed by atoms with Gasteiger partial charge in [-0.3, -0.25) is 19.5 Å². The van der Waals surface area contributed by atoms with Gasteiger partial charge in [0.15, 0.2) is 0 Å². The number of hydrogen-bond acceptors (Lipinski definition) is 6. The van der Waals surface area contributed by atoms with Crippen LogP contribution < -0.4 is 16.2 Å². The summed E-state index contributed by atoms with van der Waals surface area (Å²) in [5, 5.41) is 7.26. The smallest absolute Gasteiger partial charge is 0.321 e. The van der Waals surface area contributed by atoms with Crippen molar-refractivity contribution in [3.63, 3.8) is 0 Å². The molecule has 7 nitrogen and oxygen atoms in total. The van der Waals surface area contributed by atoms with Gasteiger partial charge in [-0.05, 0) is 24.6 Å². The number of benzene rings is 1. The minimum atomic E-state index is -0.615. The van der Waals surface area contributed by atoms with Gasteiger partial charge in [-0.2, -0.15) is 0 Å². The Bertz CT molecular complexity index is 1270. The second-order valence-corrected chi connectivity index (χ2v) is 8.78. The Balaban J connectivity index is 1.47. The van der Waals surface area contributed by atoms with Crippen molar-refractivity contribution in [3.05, 3.63) is 75.0 Å². The number of aryl methyl sites for hydroxylation is 1. The molecule has 30 heavy (non-hydrogen) atoms. The van der Waals surface area contributed by atoms with Gasteiger partial charge in [0.25, 0.3) is 5.56 Å². The van der Waals surface area contributed by atoms with Crippen LogP contribution in [0.2, 0.25) is 0 Å². The standard InChI is InChI=1S/C21H18N4O3S2/c1-13-7-8-16(30-13)15-11-29-19-18(15)20(27)25(12-23-19)10-17(26)24-21(28)22-9-14-5-3-2-4-6-14/h2-8,11-12H,9-10H2,1H3,(H2,22,24,26,28). The first kappa shape index (κ1) is 20.0. The van der Waals surface area contributed by atoms with Gasteiger partial charge in [0.2, 0.25) is 5.91 Å². The largest absolute Gasteiger partial charge is 0.334 e. The highest BCUT2D eigenvalue weighted by Gasteiger charge is 2.16. The van der Waals surface area contributed by atoms with Crippen LogP contribution in [0.5, 0.6) is 0 Å². The highest BCUT2D eigenvalue weighted by molar-refractivity contribution is 7.19. The lowest BCUT2D eigenvalue weighted by atomic mass is 10.2. The summed E-state index contributed by atoms with van der Waals surface area (Å²) in [5.74, 6) is -0.590. The number of carbonyl (C=O) groups is 2. The monoisotopic (exact) mass is 438 g/mol. The van der Waals surface area contributed by atoms with Crippen molar-refractivity contribution in [2.45, 2.75) is 20.0 Å². The predicted molar refractivity (Wildman–Crippen MR) is 119 cm³/mol. The van der Waals surface area contributed by atoms with Gasteiger partial charge in [-0.1, -0.05) is 30.3 Å². The molecule has 0 fully saturated rings. The molecular weight excluding hydrogens is 420 g/mol. The molecule has 3 amide bonds. The number of rotatable bonds is 5. The minimum absolute atomic E-state index is 0.292. The highest BCUT2D eigenvalue weighted by atomic mass is 32.1. The Kier molecular flexibility index (Phi) is 5.73. The van der Waals surface area contributed by atoms with Gasteiger partial charge in [0.1, 0.15) is 11.4 Å². The maximum Gasteiger partial charge on any atom is 0.321 e. The van der Waals surface area contributed by atoms with Gasteiger partial charge in [-0.25, -0.2) is 9.78 Å². The number of fused-ring (bicyclic) bond motifs is 1.